The van der Waals surface area contributed by atoms with E-state index in [2.05, 4.69) is 23.5 Å². The summed E-state index contributed by atoms with van der Waals surface area (Å²) in [5, 5.41) is 7.70. The summed E-state index contributed by atoms with van der Waals surface area (Å²) >= 11 is 2.79. The van der Waals surface area contributed by atoms with Gasteiger partial charge in [-0.2, -0.15) is 0 Å². The van der Waals surface area contributed by atoms with Crippen LogP contribution in [0.1, 0.15) is 24.9 Å². The first-order chi connectivity index (χ1) is 23.4. The number of nitrogens with one attached hydrogen (secondary N) is 1. The van der Waals surface area contributed by atoms with Gasteiger partial charge in [-0.3, -0.25) is 9.59 Å². The van der Waals surface area contributed by atoms with E-state index in [0.717, 1.165) is 38.0 Å². The second-order valence-corrected chi connectivity index (χ2v) is 12.9. The van der Waals surface area contributed by atoms with Gasteiger partial charge in [-0.1, -0.05) is 48.5 Å². The minimum Gasteiger partial charge on any atom is -0.497 e. The minimum atomic E-state index is -0.373. The molecule has 7 nitrogen and oxygen atoms in total. The molecule has 3 aromatic heterocycles. The average molecular weight is 668 g/mol. The number of carbonyl (C=O) groups is 2. The molecule has 9 heteroatoms. The van der Waals surface area contributed by atoms with E-state index in [4.69, 9.17) is 20.2 Å². The molecular weight excluding hydrogens is 639 g/mol. The topological polar surface area (TPSA) is 104 Å². The van der Waals surface area contributed by atoms with Gasteiger partial charge >= 0.3 is 0 Å². The van der Waals surface area contributed by atoms with Crippen LogP contribution in [0.15, 0.2) is 115 Å². The average Bonchev–Trinajstić information content (AvgIpc) is 3.77. The summed E-state index contributed by atoms with van der Waals surface area (Å²) in [6.45, 7) is 0. The maximum atomic E-state index is 13.7. The molecule has 48 heavy (non-hydrogen) atoms. The molecule has 7 rings (SSSR count). The van der Waals surface area contributed by atoms with Gasteiger partial charge < -0.3 is 20.5 Å². The van der Waals surface area contributed by atoms with E-state index in [-0.39, 0.29) is 11.7 Å². The van der Waals surface area contributed by atoms with E-state index in [1.165, 1.54) is 11.3 Å². The van der Waals surface area contributed by atoms with E-state index < -0.39 is 0 Å². The number of fused-ring (bicyclic) bond motifs is 2. The maximum Gasteiger partial charge on any atom is 0.267 e. The van der Waals surface area contributed by atoms with E-state index in [9.17, 15) is 9.59 Å². The Balaban J connectivity index is 1.29. The van der Waals surface area contributed by atoms with Crippen LogP contribution in [0.3, 0.4) is 0 Å². The zero-order valence-electron chi connectivity index (χ0n) is 26.0. The molecule has 0 saturated carbocycles. The molecule has 0 atom stereocenters. The van der Waals surface area contributed by atoms with Gasteiger partial charge in [0.1, 0.15) is 21.2 Å². The summed E-state index contributed by atoms with van der Waals surface area (Å²) in [4.78, 5) is 33.4. The molecule has 0 aliphatic heterocycles. The number of allylic oxidation sites excluding steroid dienone is 1. The summed E-state index contributed by atoms with van der Waals surface area (Å²) < 4.78 is 11.3. The van der Waals surface area contributed by atoms with Crippen molar-refractivity contribution in [3.8, 4) is 33.9 Å². The molecule has 3 N–H and O–H groups in total. The van der Waals surface area contributed by atoms with Crippen molar-refractivity contribution in [2.24, 2.45) is 0 Å². The summed E-state index contributed by atoms with van der Waals surface area (Å²) in [5.74, 6) is 0.785. The number of nitrogen functional groups attached to an aromatic ring is 1. The predicted molar refractivity (Wildman–Crippen MR) is 198 cm³/mol. The quantitative estimate of drug-likeness (QED) is 0.117. The van der Waals surface area contributed by atoms with E-state index in [1.54, 1.807) is 62.0 Å². The number of hydrogen-bond donors (Lipinski definition) is 2. The number of hydrogen-bond acceptors (Lipinski definition) is 8. The summed E-state index contributed by atoms with van der Waals surface area (Å²) in [7, 11) is 3.23. The van der Waals surface area contributed by atoms with Gasteiger partial charge in [-0.05, 0) is 82.9 Å². The highest BCUT2D eigenvalue weighted by atomic mass is 32.1. The van der Waals surface area contributed by atoms with Crippen molar-refractivity contribution in [1.29, 1.82) is 0 Å². The number of thiophene rings is 2. The van der Waals surface area contributed by atoms with Crippen molar-refractivity contribution in [3.63, 3.8) is 0 Å². The summed E-state index contributed by atoms with van der Waals surface area (Å²) in [6, 6.07) is 32.5. The first-order valence-electron chi connectivity index (χ1n) is 15.0. The largest absolute Gasteiger partial charge is 0.497 e. The Labute approximate surface area is 284 Å². The fourth-order valence-corrected chi connectivity index (χ4v) is 7.29. The van der Waals surface area contributed by atoms with Crippen LogP contribution in [-0.4, -0.2) is 30.9 Å². The molecule has 0 fully saturated rings. The Morgan fingerprint density at radius 1 is 0.833 bits per heavy atom. The van der Waals surface area contributed by atoms with Crippen LogP contribution in [0.5, 0.6) is 11.5 Å². The lowest BCUT2D eigenvalue weighted by Crippen LogP contribution is -2.12. The minimum absolute atomic E-state index is 0.122. The van der Waals surface area contributed by atoms with E-state index in [0.29, 0.717) is 43.5 Å². The van der Waals surface area contributed by atoms with Crippen LogP contribution >= 0.6 is 22.7 Å². The Morgan fingerprint density at radius 2 is 1.65 bits per heavy atom. The highest BCUT2D eigenvalue weighted by molar-refractivity contribution is 7.21. The molecule has 0 radical (unpaired) electrons. The highest BCUT2D eigenvalue weighted by Gasteiger charge is 2.24. The maximum absolute atomic E-state index is 13.7. The number of benzene rings is 4. The van der Waals surface area contributed by atoms with Crippen molar-refractivity contribution >= 4 is 72.8 Å². The summed E-state index contributed by atoms with van der Waals surface area (Å²) in [5.41, 5.74) is 11.4. The first kappa shape index (κ1) is 30.9. The molecule has 0 aliphatic carbocycles. The lowest BCUT2D eigenvalue weighted by atomic mass is 9.96. The molecule has 236 valence electrons. The standard InChI is InChI=1S/C39H29N3O4S2/c1-45-26-16-19-34(46-2)30(21-26)31-22-32(29-11-5-8-23-7-3-4-10-28(23)29)42-39-35(31)36(40)37(48-39)38(44)41-25-14-12-24(13-15-25)33(43)18-17-27-9-6-20-47-27/h3-22H,40H2,1-2H3,(H,41,44). The van der Waals surface area contributed by atoms with Crippen molar-refractivity contribution in [2.75, 3.05) is 25.3 Å². The lowest BCUT2D eigenvalue weighted by molar-refractivity contribution is 0.102. The zero-order valence-corrected chi connectivity index (χ0v) is 27.7. The van der Waals surface area contributed by atoms with E-state index in [1.807, 2.05) is 66.0 Å². The number of ether oxygens (including phenoxy) is 2. The molecular formula is C39H29N3O4S2. The molecule has 0 bridgehead atoms. The predicted octanol–water partition coefficient (Wildman–Crippen LogP) is 9.59. The van der Waals surface area contributed by atoms with Crippen LogP contribution in [-0.2, 0) is 0 Å². The van der Waals surface area contributed by atoms with Crippen LogP contribution < -0.4 is 20.5 Å². The third-order valence-electron chi connectivity index (χ3n) is 8.04. The molecule has 1 amide bonds. The van der Waals surface area contributed by atoms with Crippen LogP contribution in [0.2, 0.25) is 0 Å². The zero-order chi connectivity index (χ0) is 33.2. The third-order valence-corrected chi connectivity index (χ3v) is 9.97. The smallest absolute Gasteiger partial charge is 0.267 e. The number of carbonyl (C=O) groups excluding carboxylic acids is 2. The Bertz CT molecular complexity index is 2340. The van der Waals surface area contributed by atoms with Crippen LogP contribution in [0, 0.1) is 0 Å². The fraction of sp³-hybridized carbons (Fsp3) is 0.0513. The SMILES string of the molecule is COc1ccc(OC)c(-c2cc(-c3cccc4ccccc34)nc3sc(C(=O)Nc4ccc(C(=O)C=Cc5cccs5)cc4)c(N)c23)c1. The molecule has 4 aromatic carbocycles. The van der Waals surface area contributed by atoms with Crippen molar-refractivity contribution in [2.45, 2.75) is 0 Å². The number of nitrogens with zero attached hydrogens (tertiary/aromatic N) is 1. The van der Waals surface area contributed by atoms with Gasteiger partial charge in [-0.15, -0.1) is 22.7 Å². The number of nitrogens with two attached hydrogens (primary N) is 1. The third kappa shape index (κ3) is 5.92. The lowest BCUT2D eigenvalue weighted by Gasteiger charge is -2.14. The van der Waals surface area contributed by atoms with Crippen LogP contribution in [0.25, 0.3) is 49.4 Å². The van der Waals surface area contributed by atoms with Crippen molar-refractivity contribution < 1.29 is 19.1 Å². The number of ketones is 1. The Morgan fingerprint density at radius 3 is 2.42 bits per heavy atom. The summed E-state index contributed by atoms with van der Waals surface area (Å²) in [6.07, 6.45) is 3.34. The van der Waals surface area contributed by atoms with Crippen molar-refractivity contribution in [1.82, 2.24) is 4.98 Å². The molecule has 7 aromatic rings. The Kier molecular flexibility index (Phi) is 8.46. The molecule has 0 spiro atoms. The van der Waals surface area contributed by atoms with E-state index >= 15 is 0 Å². The first-order valence-corrected chi connectivity index (χ1v) is 16.7. The number of pyridine rings is 1. The second kappa shape index (κ2) is 13.2. The molecule has 0 unspecified atom stereocenters. The number of amides is 1. The Hall–Kier alpha value is -5.77. The number of aromatic nitrogens is 1. The number of anilines is 2. The van der Waals surface area contributed by atoms with Gasteiger partial charge in [-0.25, -0.2) is 4.98 Å². The highest BCUT2D eigenvalue weighted by Crippen LogP contribution is 2.45. The fourth-order valence-electron chi connectivity index (χ4n) is 5.66. The van der Waals surface area contributed by atoms with Gasteiger partial charge in [0.05, 0.1) is 25.6 Å². The van der Waals surface area contributed by atoms with Gasteiger partial charge in [0.2, 0.25) is 0 Å². The number of rotatable bonds is 9. The molecule has 0 saturated heterocycles. The molecule has 3 heterocycles. The van der Waals surface area contributed by atoms with Gasteiger partial charge in [0.15, 0.2) is 5.78 Å². The molecule has 0 aliphatic rings. The van der Waals surface area contributed by atoms with Gasteiger partial charge in [0.25, 0.3) is 5.91 Å². The normalized spacial score (nSPS) is 11.3. The van der Waals surface area contributed by atoms with Crippen molar-refractivity contribution in [3.05, 3.63) is 130 Å². The van der Waals surface area contributed by atoms with Crippen LogP contribution in [0.4, 0.5) is 11.4 Å². The monoisotopic (exact) mass is 667 g/mol. The number of methoxy groups -OCH3 is 2. The van der Waals surface area contributed by atoms with Gasteiger partial charge in [0, 0.05) is 38.2 Å². The second-order valence-electron chi connectivity index (χ2n) is 10.9.